The number of nitrogens with one attached hydrogen (secondary N) is 1. The van der Waals surface area contributed by atoms with E-state index in [2.05, 4.69) is 27.9 Å². The van der Waals surface area contributed by atoms with Crippen LogP contribution >= 0.6 is 22.6 Å². The maximum absolute atomic E-state index is 13.0. The van der Waals surface area contributed by atoms with Gasteiger partial charge in [0.05, 0.1) is 5.56 Å². The van der Waals surface area contributed by atoms with Gasteiger partial charge in [0, 0.05) is 9.26 Å². The van der Waals surface area contributed by atoms with Crippen LogP contribution in [-0.2, 0) is 0 Å². The number of hydrogen-bond acceptors (Lipinski definition) is 2. The average molecular weight is 357 g/mol. The van der Waals surface area contributed by atoms with Gasteiger partial charge < -0.3 is 10.4 Å². The van der Waals surface area contributed by atoms with Gasteiger partial charge >= 0.3 is 0 Å². The zero-order valence-electron chi connectivity index (χ0n) is 9.15. The lowest BCUT2D eigenvalue weighted by molar-refractivity contribution is 0.102. The van der Waals surface area contributed by atoms with Gasteiger partial charge in [-0.3, -0.25) is 4.79 Å². The van der Waals surface area contributed by atoms with E-state index in [-0.39, 0.29) is 11.3 Å². The van der Waals surface area contributed by atoms with E-state index in [0.29, 0.717) is 5.69 Å². The number of phenolic OH excluding ortho intramolecular Hbond substituents is 1. The molecule has 0 bridgehead atoms. The Bertz CT molecular complexity index is 584. The highest BCUT2D eigenvalue weighted by Gasteiger charge is 2.12. The molecule has 2 rings (SSSR count). The van der Waals surface area contributed by atoms with Gasteiger partial charge in [-0.1, -0.05) is 0 Å². The molecule has 0 aliphatic heterocycles. The summed E-state index contributed by atoms with van der Waals surface area (Å²) in [5, 5.41) is 12.1. The molecule has 0 aromatic heterocycles. The van der Waals surface area contributed by atoms with Crippen LogP contribution in [0.4, 0.5) is 10.1 Å². The highest BCUT2D eigenvalue weighted by molar-refractivity contribution is 14.1. The zero-order valence-corrected chi connectivity index (χ0v) is 11.3. The number of amides is 1. The molecule has 1 amide bonds. The van der Waals surface area contributed by atoms with Crippen LogP contribution in [0.15, 0.2) is 42.5 Å². The lowest BCUT2D eigenvalue weighted by atomic mass is 10.1. The van der Waals surface area contributed by atoms with E-state index < -0.39 is 11.7 Å². The first-order chi connectivity index (χ1) is 8.56. The number of carbonyl (C=O) groups is 1. The maximum atomic E-state index is 13.0. The summed E-state index contributed by atoms with van der Waals surface area (Å²) in [6.07, 6.45) is 0. The van der Waals surface area contributed by atoms with Gasteiger partial charge in [0.2, 0.25) is 0 Å². The highest BCUT2D eigenvalue weighted by atomic mass is 127. The van der Waals surface area contributed by atoms with Crippen molar-refractivity contribution in [3.05, 3.63) is 57.4 Å². The average Bonchev–Trinajstić information content (AvgIpc) is 2.35. The second-order valence-electron chi connectivity index (χ2n) is 3.62. The smallest absolute Gasteiger partial charge is 0.259 e. The number of phenols is 1. The predicted molar refractivity (Wildman–Crippen MR) is 75.2 cm³/mol. The number of aromatic hydroxyl groups is 1. The summed E-state index contributed by atoms with van der Waals surface area (Å²) in [7, 11) is 0. The van der Waals surface area contributed by atoms with Crippen LogP contribution in [0.1, 0.15) is 10.4 Å². The second-order valence-corrected chi connectivity index (χ2v) is 4.87. The Morgan fingerprint density at radius 2 is 1.83 bits per heavy atom. The Morgan fingerprint density at radius 1 is 1.17 bits per heavy atom. The molecule has 0 unspecified atom stereocenters. The van der Waals surface area contributed by atoms with Crippen molar-refractivity contribution in [2.75, 3.05) is 5.32 Å². The summed E-state index contributed by atoms with van der Waals surface area (Å²) in [6, 6.07) is 10.4. The quantitative estimate of drug-likeness (QED) is 0.810. The highest BCUT2D eigenvalue weighted by Crippen LogP contribution is 2.20. The minimum atomic E-state index is -0.569. The van der Waals surface area contributed by atoms with Gasteiger partial charge in [-0.15, -0.1) is 0 Å². The fraction of sp³-hybridized carbons (Fsp3) is 0. The third-order valence-electron chi connectivity index (χ3n) is 2.31. The number of carbonyl (C=O) groups excluding carboxylic acids is 1. The molecular formula is C13H9FINO2. The summed E-state index contributed by atoms with van der Waals surface area (Å²) in [4.78, 5) is 11.8. The summed E-state index contributed by atoms with van der Waals surface area (Å²) in [5.74, 6) is -1.37. The third-order valence-corrected chi connectivity index (χ3v) is 3.02. The summed E-state index contributed by atoms with van der Waals surface area (Å²) < 4.78 is 14.0. The third kappa shape index (κ3) is 2.98. The molecule has 0 aliphatic carbocycles. The number of anilines is 1. The first-order valence-corrected chi connectivity index (χ1v) is 6.19. The summed E-state index contributed by atoms with van der Waals surface area (Å²) in [5.41, 5.74) is 0.498. The predicted octanol–water partition coefficient (Wildman–Crippen LogP) is 3.39. The molecule has 92 valence electrons. The van der Waals surface area contributed by atoms with Gasteiger partial charge in [-0.2, -0.15) is 0 Å². The van der Waals surface area contributed by atoms with Gasteiger partial charge in [0.15, 0.2) is 0 Å². The van der Waals surface area contributed by atoms with E-state index in [1.807, 2.05) is 12.1 Å². The molecule has 3 nitrogen and oxygen atoms in total. The molecule has 0 aliphatic rings. The van der Waals surface area contributed by atoms with Crippen molar-refractivity contribution in [3.63, 3.8) is 0 Å². The first kappa shape index (κ1) is 12.8. The van der Waals surface area contributed by atoms with Crippen LogP contribution in [-0.4, -0.2) is 11.0 Å². The van der Waals surface area contributed by atoms with Crippen molar-refractivity contribution < 1.29 is 14.3 Å². The SMILES string of the molecule is O=C(Nc1ccc(I)cc1)c1cc(F)ccc1O. The van der Waals surface area contributed by atoms with Crippen LogP contribution < -0.4 is 5.32 Å². The second kappa shape index (κ2) is 5.34. The van der Waals surface area contributed by atoms with Crippen molar-refractivity contribution in [1.82, 2.24) is 0 Å². The van der Waals surface area contributed by atoms with Crippen molar-refractivity contribution in [3.8, 4) is 5.75 Å². The van der Waals surface area contributed by atoms with Crippen molar-refractivity contribution in [2.24, 2.45) is 0 Å². The molecule has 0 saturated heterocycles. The molecule has 2 N–H and O–H groups in total. The van der Waals surface area contributed by atoms with Gasteiger partial charge in [-0.05, 0) is 65.1 Å². The summed E-state index contributed by atoms with van der Waals surface area (Å²) >= 11 is 2.15. The Labute approximate surface area is 117 Å². The van der Waals surface area contributed by atoms with Crippen molar-refractivity contribution in [2.45, 2.75) is 0 Å². The lowest BCUT2D eigenvalue weighted by Crippen LogP contribution is -2.12. The number of rotatable bonds is 2. The molecule has 0 saturated carbocycles. The van der Waals surface area contributed by atoms with Gasteiger partial charge in [0.1, 0.15) is 11.6 Å². The molecule has 0 spiro atoms. The molecule has 0 fully saturated rings. The Hall–Kier alpha value is -1.63. The number of halogens is 2. The minimum absolute atomic E-state index is 0.0893. The van der Waals surface area contributed by atoms with Gasteiger partial charge in [0.25, 0.3) is 5.91 Å². The summed E-state index contributed by atoms with van der Waals surface area (Å²) in [6.45, 7) is 0. The molecule has 18 heavy (non-hydrogen) atoms. The number of hydrogen-bond donors (Lipinski definition) is 2. The van der Waals surface area contributed by atoms with Crippen LogP contribution in [0.3, 0.4) is 0 Å². The van der Waals surface area contributed by atoms with E-state index in [0.717, 1.165) is 21.8 Å². The van der Waals surface area contributed by atoms with Crippen LogP contribution in [0.2, 0.25) is 0 Å². The Kier molecular flexibility index (Phi) is 3.81. The van der Waals surface area contributed by atoms with E-state index in [9.17, 15) is 14.3 Å². The molecular weight excluding hydrogens is 348 g/mol. The van der Waals surface area contributed by atoms with E-state index in [1.165, 1.54) is 0 Å². The molecule has 5 heteroatoms. The monoisotopic (exact) mass is 357 g/mol. The standard InChI is InChI=1S/C13H9FINO2/c14-8-1-6-12(17)11(7-8)13(18)16-10-4-2-9(15)3-5-10/h1-7,17H,(H,16,18). The van der Waals surface area contributed by atoms with Crippen molar-refractivity contribution in [1.29, 1.82) is 0 Å². The van der Waals surface area contributed by atoms with Crippen LogP contribution in [0, 0.1) is 9.39 Å². The number of benzene rings is 2. The van der Waals surface area contributed by atoms with Crippen LogP contribution in [0.25, 0.3) is 0 Å². The van der Waals surface area contributed by atoms with Crippen LogP contribution in [0.5, 0.6) is 5.75 Å². The zero-order chi connectivity index (χ0) is 13.1. The Morgan fingerprint density at radius 3 is 2.50 bits per heavy atom. The van der Waals surface area contributed by atoms with Crippen molar-refractivity contribution >= 4 is 34.2 Å². The van der Waals surface area contributed by atoms with E-state index >= 15 is 0 Å². The normalized spacial score (nSPS) is 10.1. The molecule has 0 radical (unpaired) electrons. The maximum Gasteiger partial charge on any atom is 0.259 e. The topological polar surface area (TPSA) is 49.3 Å². The van der Waals surface area contributed by atoms with E-state index in [1.54, 1.807) is 12.1 Å². The lowest BCUT2D eigenvalue weighted by Gasteiger charge is -2.07. The Balaban J connectivity index is 2.21. The fourth-order valence-electron chi connectivity index (χ4n) is 1.42. The van der Waals surface area contributed by atoms with Gasteiger partial charge in [-0.25, -0.2) is 4.39 Å². The molecule has 2 aromatic carbocycles. The fourth-order valence-corrected chi connectivity index (χ4v) is 1.78. The first-order valence-electron chi connectivity index (χ1n) is 5.12. The molecule has 0 atom stereocenters. The molecule has 2 aromatic rings. The largest absolute Gasteiger partial charge is 0.507 e. The minimum Gasteiger partial charge on any atom is -0.507 e. The van der Waals surface area contributed by atoms with E-state index in [4.69, 9.17) is 0 Å². The molecule has 0 heterocycles.